The maximum Gasteiger partial charge on any atom is 0.230 e. The van der Waals surface area contributed by atoms with Crippen molar-refractivity contribution in [2.75, 3.05) is 5.75 Å². The zero-order chi connectivity index (χ0) is 16.5. The Morgan fingerprint density at radius 3 is 3.04 bits per heavy atom. The molecule has 1 fully saturated rings. The average molecular weight is 361 g/mol. The van der Waals surface area contributed by atoms with Crippen molar-refractivity contribution in [2.24, 2.45) is 5.92 Å². The monoisotopic (exact) mass is 360 g/mol. The number of amides is 1. The number of nitrogens with zero attached hydrogens (tertiary/aromatic N) is 3. The first kappa shape index (κ1) is 15.9. The molecule has 2 heterocycles. The Morgan fingerprint density at radius 1 is 1.33 bits per heavy atom. The molecule has 1 aliphatic rings. The molecule has 1 aromatic carbocycles. The van der Waals surface area contributed by atoms with Crippen LogP contribution >= 0.6 is 23.1 Å². The number of para-hydroxylation sites is 1. The molecule has 5 nitrogen and oxygen atoms in total. The lowest BCUT2D eigenvalue weighted by Crippen LogP contribution is -2.41. The molecule has 0 saturated heterocycles. The largest absolute Gasteiger partial charge is 0.352 e. The lowest BCUT2D eigenvalue weighted by atomic mass is 9.86. The number of aromatic nitrogens is 3. The molecule has 7 heteroatoms. The van der Waals surface area contributed by atoms with Gasteiger partial charge in [-0.1, -0.05) is 55.0 Å². The molecule has 1 amide bonds. The molecule has 0 bridgehead atoms. The van der Waals surface area contributed by atoms with Crippen LogP contribution in [0, 0.1) is 5.92 Å². The molecule has 1 N–H and O–H groups in total. The van der Waals surface area contributed by atoms with Crippen molar-refractivity contribution >= 4 is 44.2 Å². The Balaban J connectivity index is 1.45. The number of thioether (sulfide) groups is 1. The molecule has 2 atom stereocenters. The van der Waals surface area contributed by atoms with E-state index in [9.17, 15) is 4.79 Å². The van der Waals surface area contributed by atoms with Gasteiger partial charge < -0.3 is 5.32 Å². The Kier molecular flexibility index (Phi) is 4.45. The van der Waals surface area contributed by atoms with Gasteiger partial charge in [0.2, 0.25) is 10.9 Å². The van der Waals surface area contributed by atoms with Gasteiger partial charge in [0.15, 0.2) is 5.16 Å². The average Bonchev–Trinajstić information content (AvgIpc) is 3.14. The second kappa shape index (κ2) is 6.72. The van der Waals surface area contributed by atoms with E-state index in [2.05, 4.69) is 34.6 Å². The molecule has 0 radical (unpaired) electrons. The molecule has 24 heavy (non-hydrogen) atoms. The maximum absolute atomic E-state index is 12.3. The summed E-state index contributed by atoms with van der Waals surface area (Å²) in [7, 11) is 0. The molecular formula is C17H20N4OS2. The Bertz CT molecular complexity index is 872. The number of carbonyl (C=O) groups is 1. The topological polar surface area (TPSA) is 59.3 Å². The van der Waals surface area contributed by atoms with Crippen LogP contribution in [0.3, 0.4) is 0 Å². The van der Waals surface area contributed by atoms with E-state index < -0.39 is 0 Å². The van der Waals surface area contributed by atoms with Crippen LogP contribution in [0.1, 0.15) is 32.6 Å². The highest BCUT2D eigenvalue weighted by Gasteiger charge is 2.23. The smallest absolute Gasteiger partial charge is 0.230 e. The third-order valence-corrected chi connectivity index (χ3v) is 6.64. The summed E-state index contributed by atoms with van der Waals surface area (Å²) in [4.78, 5) is 13.2. The van der Waals surface area contributed by atoms with Crippen LogP contribution in [0.25, 0.3) is 15.2 Å². The van der Waals surface area contributed by atoms with Gasteiger partial charge in [0.1, 0.15) is 0 Å². The molecule has 2 aromatic heterocycles. The molecule has 4 rings (SSSR count). The third kappa shape index (κ3) is 3.02. The molecule has 0 aliphatic heterocycles. The third-order valence-electron chi connectivity index (χ3n) is 4.70. The molecule has 0 spiro atoms. The van der Waals surface area contributed by atoms with Gasteiger partial charge in [-0.3, -0.25) is 9.20 Å². The van der Waals surface area contributed by atoms with Crippen molar-refractivity contribution in [3.63, 3.8) is 0 Å². The highest BCUT2D eigenvalue weighted by atomic mass is 32.2. The minimum atomic E-state index is 0.0926. The first-order chi connectivity index (χ1) is 11.7. The molecule has 3 aromatic rings. The van der Waals surface area contributed by atoms with E-state index in [-0.39, 0.29) is 5.91 Å². The summed E-state index contributed by atoms with van der Waals surface area (Å²) in [6, 6.07) is 8.51. The minimum Gasteiger partial charge on any atom is -0.352 e. The summed E-state index contributed by atoms with van der Waals surface area (Å²) in [5.41, 5.74) is 1.10. The number of carbonyl (C=O) groups excluding carboxylic acids is 1. The second-order valence-corrected chi connectivity index (χ2v) is 8.35. The number of hydrogen-bond acceptors (Lipinski definition) is 5. The normalized spacial score (nSPS) is 21.4. The Labute approximate surface area is 148 Å². The minimum absolute atomic E-state index is 0.0926. The van der Waals surface area contributed by atoms with Crippen molar-refractivity contribution in [3.05, 3.63) is 24.3 Å². The van der Waals surface area contributed by atoms with Crippen LogP contribution in [0.4, 0.5) is 0 Å². The zero-order valence-electron chi connectivity index (χ0n) is 13.6. The van der Waals surface area contributed by atoms with Crippen molar-refractivity contribution in [1.29, 1.82) is 0 Å². The molecule has 0 unspecified atom stereocenters. The van der Waals surface area contributed by atoms with Gasteiger partial charge in [-0.15, -0.1) is 10.2 Å². The van der Waals surface area contributed by atoms with E-state index >= 15 is 0 Å². The van der Waals surface area contributed by atoms with Gasteiger partial charge in [0.25, 0.3) is 0 Å². The van der Waals surface area contributed by atoms with E-state index in [1.165, 1.54) is 35.7 Å². The van der Waals surface area contributed by atoms with Crippen LogP contribution < -0.4 is 5.32 Å². The second-order valence-electron chi connectivity index (χ2n) is 6.39. The summed E-state index contributed by atoms with van der Waals surface area (Å²) in [5, 5.41) is 12.5. The summed E-state index contributed by atoms with van der Waals surface area (Å²) in [6.45, 7) is 2.23. The Hall–Kier alpha value is -1.60. The summed E-state index contributed by atoms with van der Waals surface area (Å²) in [6.07, 6.45) is 4.81. The molecule has 1 aliphatic carbocycles. The fourth-order valence-corrected chi connectivity index (χ4v) is 5.14. The highest BCUT2D eigenvalue weighted by molar-refractivity contribution is 7.99. The van der Waals surface area contributed by atoms with Crippen LogP contribution in [-0.2, 0) is 4.79 Å². The number of hydrogen-bond donors (Lipinski definition) is 1. The lowest BCUT2D eigenvalue weighted by molar-refractivity contribution is -0.119. The van der Waals surface area contributed by atoms with Gasteiger partial charge in [0, 0.05) is 6.04 Å². The van der Waals surface area contributed by atoms with Crippen molar-refractivity contribution in [3.8, 4) is 0 Å². The predicted molar refractivity (Wildman–Crippen MR) is 98.7 cm³/mol. The molecule has 1 saturated carbocycles. The first-order valence-corrected chi connectivity index (χ1v) is 10.2. The number of fused-ring (bicyclic) bond motifs is 3. The summed E-state index contributed by atoms with van der Waals surface area (Å²) in [5.74, 6) is 1.05. The maximum atomic E-state index is 12.3. The fourth-order valence-electron chi connectivity index (χ4n) is 3.36. The van der Waals surface area contributed by atoms with E-state index in [0.29, 0.717) is 17.7 Å². The predicted octanol–water partition coefficient (Wildman–Crippen LogP) is 3.73. The fraction of sp³-hybridized carbons (Fsp3) is 0.471. The van der Waals surface area contributed by atoms with E-state index in [4.69, 9.17) is 0 Å². The van der Waals surface area contributed by atoms with Crippen molar-refractivity contribution < 1.29 is 4.79 Å². The van der Waals surface area contributed by atoms with Gasteiger partial charge in [-0.2, -0.15) is 0 Å². The van der Waals surface area contributed by atoms with E-state index in [0.717, 1.165) is 22.1 Å². The van der Waals surface area contributed by atoms with Gasteiger partial charge in [0.05, 0.1) is 16.0 Å². The number of nitrogens with one attached hydrogen (secondary N) is 1. The quantitative estimate of drug-likeness (QED) is 0.720. The summed E-state index contributed by atoms with van der Waals surface area (Å²) >= 11 is 3.08. The van der Waals surface area contributed by atoms with Crippen LogP contribution in [-0.4, -0.2) is 32.3 Å². The van der Waals surface area contributed by atoms with Crippen LogP contribution in [0.5, 0.6) is 0 Å². The summed E-state index contributed by atoms with van der Waals surface area (Å²) < 4.78 is 3.23. The van der Waals surface area contributed by atoms with Crippen molar-refractivity contribution in [1.82, 2.24) is 19.9 Å². The van der Waals surface area contributed by atoms with Gasteiger partial charge in [-0.25, -0.2) is 0 Å². The zero-order valence-corrected chi connectivity index (χ0v) is 15.2. The number of thiazole rings is 1. The number of rotatable bonds is 4. The van der Waals surface area contributed by atoms with E-state index in [1.54, 1.807) is 11.3 Å². The number of benzene rings is 1. The lowest BCUT2D eigenvalue weighted by Gasteiger charge is -2.29. The Morgan fingerprint density at radius 2 is 2.17 bits per heavy atom. The van der Waals surface area contributed by atoms with Gasteiger partial charge in [-0.05, 0) is 30.9 Å². The van der Waals surface area contributed by atoms with Gasteiger partial charge >= 0.3 is 0 Å². The van der Waals surface area contributed by atoms with Crippen LogP contribution in [0.2, 0.25) is 0 Å². The van der Waals surface area contributed by atoms with Crippen LogP contribution in [0.15, 0.2) is 29.4 Å². The van der Waals surface area contributed by atoms with Crippen molar-refractivity contribution in [2.45, 2.75) is 43.8 Å². The highest BCUT2D eigenvalue weighted by Crippen LogP contribution is 2.29. The molecule has 126 valence electrons. The SMILES string of the molecule is C[C@H]1CCCC[C@@H]1NC(=O)CSc1nnc2sc3ccccc3n12. The first-order valence-electron chi connectivity index (χ1n) is 8.37. The van der Waals surface area contributed by atoms with E-state index in [1.807, 2.05) is 16.5 Å². The standard InChI is InChI=1S/C17H20N4OS2/c1-11-6-2-3-7-12(11)18-15(22)10-23-16-19-20-17-21(16)13-8-4-5-9-14(13)24-17/h4-5,8-9,11-12H,2-3,6-7,10H2,1H3,(H,18,22)/t11-,12-/m0/s1. The molecular weight excluding hydrogens is 340 g/mol.